The van der Waals surface area contributed by atoms with Crippen LogP contribution in [0.1, 0.15) is 30.1 Å². The molecule has 6 nitrogen and oxygen atoms in total. The van der Waals surface area contributed by atoms with Crippen molar-refractivity contribution in [1.82, 2.24) is 0 Å². The van der Waals surface area contributed by atoms with Gasteiger partial charge in [-0.25, -0.2) is 4.79 Å². The van der Waals surface area contributed by atoms with Gasteiger partial charge in [0.2, 0.25) is 5.91 Å². The number of anilines is 2. The van der Waals surface area contributed by atoms with E-state index in [2.05, 4.69) is 5.32 Å². The Kier molecular flexibility index (Phi) is 5.48. The van der Waals surface area contributed by atoms with Crippen LogP contribution in [0.4, 0.5) is 11.4 Å². The topological polar surface area (TPSA) is 75.7 Å². The molecule has 0 bridgehead atoms. The second-order valence-corrected chi connectivity index (χ2v) is 7.30. The number of hydrogen-bond donors (Lipinski definition) is 1. The molecule has 0 saturated carbocycles. The average molecular weight is 402 g/mol. The Morgan fingerprint density at radius 1 is 1.00 bits per heavy atom. The molecule has 3 aromatic rings. The summed E-state index contributed by atoms with van der Waals surface area (Å²) in [4.78, 5) is 38.6. The highest BCUT2D eigenvalue weighted by Gasteiger charge is 2.24. The molecule has 2 amide bonds. The van der Waals surface area contributed by atoms with Crippen LogP contribution in [0.25, 0.3) is 10.8 Å². The fourth-order valence-electron chi connectivity index (χ4n) is 3.52. The van der Waals surface area contributed by atoms with Gasteiger partial charge in [0.25, 0.3) is 5.91 Å². The highest BCUT2D eigenvalue weighted by Crippen LogP contribution is 2.23. The Hall–Kier alpha value is -3.67. The minimum atomic E-state index is -0.971. The van der Waals surface area contributed by atoms with Gasteiger partial charge in [0, 0.05) is 24.3 Å². The normalized spacial score (nSPS) is 14.6. The van der Waals surface area contributed by atoms with Crippen molar-refractivity contribution in [3.05, 3.63) is 72.3 Å². The van der Waals surface area contributed by atoms with Gasteiger partial charge < -0.3 is 15.0 Å². The Morgan fingerprint density at radius 2 is 1.80 bits per heavy atom. The monoisotopic (exact) mass is 402 g/mol. The van der Waals surface area contributed by atoms with Gasteiger partial charge in [0.1, 0.15) is 0 Å². The zero-order valence-corrected chi connectivity index (χ0v) is 16.6. The van der Waals surface area contributed by atoms with Crippen molar-refractivity contribution in [2.45, 2.75) is 25.9 Å². The van der Waals surface area contributed by atoms with E-state index in [0.29, 0.717) is 29.9 Å². The lowest BCUT2D eigenvalue weighted by Crippen LogP contribution is -2.30. The smallest absolute Gasteiger partial charge is 0.338 e. The van der Waals surface area contributed by atoms with Crippen LogP contribution in [0.15, 0.2) is 66.7 Å². The van der Waals surface area contributed by atoms with Crippen LogP contribution in [0, 0.1) is 0 Å². The maximum atomic E-state index is 12.5. The second kappa shape index (κ2) is 8.37. The average Bonchev–Trinajstić information content (AvgIpc) is 3.19. The lowest BCUT2D eigenvalue weighted by molar-refractivity contribution is -0.123. The fraction of sp³-hybridized carbons (Fsp3) is 0.208. The van der Waals surface area contributed by atoms with Crippen molar-refractivity contribution >= 4 is 39.9 Å². The molecule has 1 heterocycles. The van der Waals surface area contributed by atoms with E-state index in [-0.39, 0.29) is 5.91 Å². The predicted octanol–water partition coefficient (Wildman–Crippen LogP) is 4.15. The Morgan fingerprint density at radius 3 is 2.57 bits per heavy atom. The number of nitrogens with one attached hydrogen (secondary N) is 1. The van der Waals surface area contributed by atoms with Crippen LogP contribution in [-0.2, 0) is 14.3 Å². The third kappa shape index (κ3) is 4.17. The molecule has 0 aromatic heterocycles. The minimum absolute atomic E-state index is 0.0450. The maximum absolute atomic E-state index is 12.5. The summed E-state index contributed by atoms with van der Waals surface area (Å²) in [6, 6.07) is 20.2. The van der Waals surface area contributed by atoms with Gasteiger partial charge in [-0.05, 0) is 54.4 Å². The summed E-state index contributed by atoms with van der Waals surface area (Å²) in [5.41, 5.74) is 1.61. The number of ether oxygens (including phenoxy) is 1. The molecule has 1 saturated heterocycles. The first kappa shape index (κ1) is 19.6. The third-order valence-corrected chi connectivity index (χ3v) is 5.14. The molecule has 1 atom stereocenters. The quantitative estimate of drug-likeness (QED) is 0.651. The van der Waals surface area contributed by atoms with Crippen LogP contribution in [0.2, 0.25) is 0 Å². The number of carbonyl (C=O) groups is 3. The molecular weight excluding hydrogens is 380 g/mol. The van der Waals surface area contributed by atoms with Crippen LogP contribution < -0.4 is 10.2 Å². The summed E-state index contributed by atoms with van der Waals surface area (Å²) < 4.78 is 5.35. The van der Waals surface area contributed by atoms with E-state index in [1.807, 2.05) is 42.5 Å². The zero-order chi connectivity index (χ0) is 21.1. The van der Waals surface area contributed by atoms with Crippen molar-refractivity contribution < 1.29 is 19.1 Å². The summed E-state index contributed by atoms with van der Waals surface area (Å²) in [6.07, 6.45) is 0.348. The lowest BCUT2D eigenvalue weighted by atomic mass is 10.1. The standard InChI is InChI=1S/C24H22N2O4/c1-16(23(28)25-20-12-11-17-6-2-3-7-18(17)14-20)30-24(29)19-8-4-9-21(15-19)26-13-5-10-22(26)27/h2-4,6-9,11-12,14-16H,5,10,13H2,1H3,(H,25,28)/t16-/m1/s1. The molecule has 1 aliphatic heterocycles. The van der Waals surface area contributed by atoms with Gasteiger partial charge in [-0.1, -0.05) is 36.4 Å². The molecule has 1 aliphatic rings. The summed E-state index contributed by atoms with van der Waals surface area (Å²) in [5, 5.41) is 4.87. The Balaban J connectivity index is 1.41. The van der Waals surface area contributed by atoms with E-state index in [4.69, 9.17) is 4.74 Å². The van der Waals surface area contributed by atoms with E-state index in [1.165, 1.54) is 6.92 Å². The molecule has 3 aromatic carbocycles. The molecular formula is C24H22N2O4. The van der Waals surface area contributed by atoms with Gasteiger partial charge >= 0.3 is 5.97 Å². The second-order valence-electron chi connectivity index (χ2n) is 7.30. The van der Waals surface area contributed by atoms with Gasteiger partial charge in [-0.3, -0.25) is 9.59 Å². The summed E-state index contributed by atoms with van der Waals surface area (Å²) in [5.74, 6) is -0.974. The van der Waals surface area contributed by atoms with Crippen molar-refractivity contribution in [2.75, 3.05) is 16.8 Å². The van der Waals surface area contributed by atoms with Crippen molar-refractivity contribution in [1.29, 1.82) is 0 Å². The molecule has 1 N–H and O–H groups in total. The highest BCUT2D eigenvalue weighted by molar-refractivity contribution is 6.00. The number of rotatable bonds is 5. The number of carbonyl (C=O) groups excluding carboxylic acids is 3. The third-order valence-electron chi connectivity index (χ3n) is 5.14. The van der Waals surface area contributed by atoms with Crippen molar-refractivity contribution in [2.24, 2.45) is 0 Å². The molecule has 1 fully saturated rings. The lowest BCUT2D eigenvalue weighted by Gasteiger charge is -2.17. The minimum Gasteiger partial charge on any atom is -0.449 e. The Bertz CT molecular complexity index is 1120. The molecule has 0 spiro atoms. The number of hydrogen-bond acceptors (Lipinski definition) is 4. The van der Waals surface area contributed by atoms with Crippen LogP contribution in [-0.4, -0.2) is 30.4 Å². The van der Waals surface area contributed by atoms with Crippen LogP contribution in [0.5, 0.6) is 0 Å². The maximum Gasteiger partial charge on any atom is 0.338 e. The SMILES string of the molecule is C[C@@H](OC(=O)c1cccc(N2CCCC2=O)c1)C(=O)Nc1ccc2ccccc2c1. The number of benzene rings is 3. The van der Waals surface area contributed by atoms with Gasteiger partial charge in [-0.2, -0.15) is 0 Å². The summed E-state index contributed by atoms with van der Waals surface area (Å²) in [6.45, 7) is 2.17. The molecule has 0 aliphatic carbocycles. The fourth-order valence-corrected chi connectivity index (χ4v) is 3.52. The first-order valence-corrected chi connectivity index (χ1v) is 9.92. The Labute approximate surface area is 174 Å². The van der Waals surface area contributed by atoms with E-state index < -0.39 is 18.0 Å². The van der Waals surface area contributed by atoms with Gasteiger partial charge in [-0.15, -0.1) is 0 Å². The van der Waals surface area contributed by atoms with Crippen LogP contribution in [0.3, 0.4) is 0 Å². The van der Waals surface area contributed by atoms with E-state index >= 15 is 0 Å². The zero-order valence-electron chi connectivity index (χ0n) is 16.6. The molecule has 30 heavy (non-hydrogen) atoms. The summed E-state index contributed by atoms with van der Waals surface area (Å²) >= 11 is 0. The van der Waals surface area contributed by atoms with Gasteiger partial charge in [0.05, 0.1) is 5.56 Å². The van der Waals surface area contributed by atoms with E-state index in [1.54, 1.807) is 29.2 Å². The molecule has 152 valence electrons. The highest BCUT2D eigenvalue weighted by atomic mass is 16.5. The van der Waals surface area contributed by atoms with Crippen LogP contribution >= 0.6 is 0 Å². The first-order chi connectivity index (χ1) is 14.5. The molecule has 4 rings (SSSR count). The van der Waals surface area contributed by atoms with Crippen molar-refractivity contribution in [3.63, 3.8) is 0 Å². The number of esters is 1. The van der Waals surface area contributed by atoms with Gasteiger partial charge in [0.15, 0.2) is 6.10 Å². The van der Waals surface area contributed by atoms with E-state index in [0.717, 1.165) is 17.2 Å². The van der Waals surface area contributed by atoms with E-state index in [9.17, 15) is 14.4 Å². The summed E-state index contributed by atoms with van der Waals surface area (Å²) in [7, 11) is 0. The molecule has 0 unspecified atom stereocenters. The molecule has 6 heteroatoms. The first-order valence-electron chi connectivity index (χ1n) is 9.92. The van der Waals surface area contributed by atoms with Crippen molar-refractivity contribution in [3.8, 4) is 0 Å². The predicted molar refractivity (Wildman–Crippen MR) is 115 cm³/mol. The number of nitrogens with zero attached hydrogens (tertiary/aromatic N) is 1. The molecule has 0 radical (unpaired) electrons. The largest absolute Gasteiger partial charge is 0.449 e. The number of fused-ring (bicyclic) bond motifs is 1. The number of amides is 2.